The van der Waals surface area contributed by atoms with Gasteiger partial charge in [-0.15, -0.1) is 13.2 Å². The lowest BCUT2D eigenvalue weighted by Gasteiger charge is -2.13. The van der Waals surface area contributed by atoms with Gasteiger partial charge in [-0.05, 0) is 30.5 Å². The Labute approximate surface area is 121 Å². The highest BCUT2D eigenvalue weighted by Gasteiger charge is 2.31. The summed E-state index contributed by atoms with van der Waals surface area (Å²) in [6.45, 7) is 11.9. The van der Waals surface area contributed by atoms with Crippen LogP contribution in [0.5, 0.6) is 5.75 Å². The highest BCUT2D eigenvalue weighted by molar-refractivity contribution is 5.37. The van der Waals surface area contributed by atoms with E-state index in [0.29, 0.717) is 12.0 Å². The van der Waals surface area contributed by atoms with Crippen molar-refractivity contribution in [2.45, 2.75) is 67.2 Å². The summed E-state index contributed by atoms with van der Waals surface area (Å²) in [6.07, 6.45) is -1.99. The third kappa shape index (κ3) is 10.7. The molecule has 0 aliphatic rings. The van der Waals surface area contributed by atoms with Gasteiger partial charge in [0.05, 0.1) is 0 Å². The smallest absolute Gasteiger partial charge is 0.405 e. The van der Waals surface area contributed by atoms with Crippen LogP contribution < -0.4 is 4.74 Å². The first-order valence-electron chi connectivity index (χ1n) is 7.19. The Balaban J connectivity index is 0. The van der Waals surface area contributed by atoms with Crippen LogP contribution in [-0.2, 0) is 6.42 Å². The number of benzene rings is 1. The van der Waals surface area contributed by atoms with Crippen molar-refractivity contribution in [3.63, 3.8) is 0 Å². The van der Waals surface area contributed by atoms with E-state index < -0.39 is 6.36 Å². The molecule has 0 heterocycles. The number of hydrogen-bond donors (Lipinski definition) is 0. The van der Waals surface area contributed by atoms with Crippen LogP contribution in [-0.4, -0.2) is 6.36 Å². The zero-order valence-corrected chi connectivity index (χ0v) is 13.4. The predicted molar refractivity (Wildman–Crippen MR) is 79.2 cm³/mol. The van der Waals surface area contributed by atoms with E-state index in [2.05, 4.69) is 18.6 Å². The molecule has 0 atom stereocenters. The largest absolute Gasteiger partial charge is 0.573 e. The average Bonchev–Trinajstić information content (AvgIpc) is 2.34. The summed E-state index contributed by atoms with van der Waals surface area (Å²) in [5.74, 6) is -0.0793. The van der Waals surface area contributed by atoms with Gasteiger partial charge < -0.3 is 4.74 Å². The molecule has 0 saturated heterocycles. The summed E-state index contributed by atoms with van der Waals surface area (Å²) in [7, 11) is 0. The number of hydrogen-bond acceptors (Lipinski definition) is 1. The fraction of sp³-hybridized carbons (Fsp3) is 0.625. The van der Waals surface area contributed by atoms with Gasteiger partial charge in [-0.3, -0.25) is 0 Å². The molecule has 1 aromatic rings. The van der Waals surface area contributed by atoms with E-state index in [4.69, 9.17) is 0 Å². The highest BCUT2D eigenvalue weighted by Crippen LogP contribution is 2.28. The molecule has 0 spiro atoms. The lowest BCUT2D eigenvalue weighted by molar-refractivity contribution is -0.274. The van der Waals surface area contributed by atoms with Gasteiger partial charge in [0.15, 0.2) is 0 Å². The maximum absolute atomic E-state index is 12.1. The van der Waals surface area contributed by atoms with Gasteiger partial charge in [0.1, 0.15) is 5.75 Å². The molecule has 0 amide bonds. The normalized spacial score (nSPS) is 9.85. The molecule has 1 nitrogen and oxygen atoms in total. The second kappa shape index (κ2) is 11.6. The number of rotatable bonds is 3. The molecule has 4 heteroatoms. The first-order chi connectivity index (χ1) is 9.34. The molecule has 0 saturated carbocycles. The van der Waals surface area contributed by atoms with Crippen molar-refractivity contribution in [1.29, 1.82) is 0 Å². The van der Waals surface area contributed by atoms with Crippen LogP contribution in [0.25, 0.3) is 0 Å². The Morgan fingerprint density at radius 3 is 1.95 bits per heavy atom. The number of ether oxygens (including phenoxy) is 1. The standard InChI is InChI=1S/C11H13F3O.C3H8.C2H6/c1-3-4-9-6-5-8(2)7-10(9)15-11(12,13)14;1-3-2;1-2/h5-7H,3-4H2,1-2H3;3H2,1-2H3;1-2H3. The average molecular weight is 292 g/mol. The molecule has 0 aliphatic carbocycles. The van der Waals surface area contributed by atoms with Gasteiger partial charge in [0, 0.05) is 0 Å². The molecule has 0 radical (unpaired) electrons. The maximum atomic E-state index is 12.1. The van der Waals surface area contributed by atoms with Gasteiger partial charge in [-0.1, -0.05) is 59.6 Å². The SMILES string of the molecule is CC.CCC.CCCc1ccc(C)cc1OC(F)(F)F. The minimum atomic E-state index is -4.61. The highest BCUT2D eigenvalue weighted by atomic mass is 19.4. The van der Waals surface area contributed by atoms with E-state index in [0.717, 1.165) is 12.0 Å². The zero-order valence-electron chi connectivity index (χ0n) is 13.4. The van der Waals surface area contributed by atoms with Crippen molar-refractivity contribution in [3.05, 3.63) is 29.3 Å². The topological polar surface area (TPSA) is 9.23 Å². The van der Waals surface area contributed by atoms with E-state index in [1.807, 2.05) is 20.8 Å². The fourth-order valence-corrected chi connectivity index (χ4v) is 1.36. The molecule has 0 N–H and O–H groups in total. The number of aryl methyl sites for hydroxylation is 2. The summed E-state index contributed by atoms with van der Waals surface area (Å²) >= 11 is 0. The van der Waals surface area contributed by atoms with Crippen molar-refractivity contribution < 1.29 is 17.9 Å². The minimum Gasteiger partial charge on any atom is -0.405 e. The van der Waals surface area contributed by atoms with E-state index in [9.17, 15) is 13.2 Å². The summed E-state index contributed by atoms with van der Waals surface area (Å²) in [5.41, 5.74) is 1.36. The Bertz CT molecular complexity index is 346. The predicted octanol–water partition coefficient (Wildman–Crippen LogP) is 6.29. The van der Waals surface area contributed by atoms with Crippen molar-refractivity contribution in [1.82, 2.24) is 0 Å². The summed E-state index contributed by atoms with van der Waals surface area (Å²) in [4.78, 5) is 0. The molecule has 0 bridgehead atoms. The van der Waals surface area contributed by atoms with E-state index in [1.165, 1.54) is 12.5 Å². The maximum Gasteiger partial charge on any atom is 0.573 e. The minimum absolute atomic E-state index is 0.0793. The quantitative estimate of drug-likeness (QED) is 0.636. The molecule has 0 unspecified atom stereocenters. The number of halogens is 3. The summed E-state index contributed by atoms with van der Waals surface area (Å²) in [5, 5.41) is 0. The molecule has 20 heavy (non-hydrogen) atoms. The Hall–Kier alpha value is -1.19. The number of alkyl halides is 3. The zero-order chi connectivity index (χ0) is 16.2. The molecule has 0 aliphatic heterocycles. The van der Waals surface area contributed by atoms with Crippen LogP contribution in [0.1, 0.15) is 58.6 Å². The first kappa shape index (κ1) is 21.1. The van der Waals surface area contributed by atoms with Crippen LogP contribution in [0.4, 0.5) is 13.2 Å². The monoisotopic (exact) mass is 292 g/mol. The summed E-state index contributed by atoms with van der Waals surface area (Å²) < 4.78 is 40.2. The molecule has 1 rings (SSSR count). The third-order valence-electron chi connectivity index (χ3n) is 1.97. The van der Waals surface area contributed by atoms with Crippen molar-refractivity contribution >= 4 is 0 Å². The molecule has 0 aromatic heterocycles. The molecular formula is C16H27F3O. The Kier molecular flexibility index (Phi) is 12.3. The second-order valence-corrected chi connectivity index (χ2v) is 4.12. The van der Waals surface area contributed by atoms with Crippen LogP contribution in [0, 0.1) is 6.92 Å². The van der Waals surface area contributed by atoms with Gasteiger partial charge in [-0.2, -0.15) is 0 Å². The van der Waals surface area contributed by atoms with Crippen LogP contribution in [0.15, 0.2) is 18.2 Å². The molecule has 118 valence electrons. The van der Waals surface area contributed by atoms with E-state index in [1.54, 1.807) is 19.1 Å². The van der Waals surface area contributed by atoms with Gasteiger partial charge in [-0.25, -0.2) is 0 Å². The van der Waals surface area contributed by atoms with Crippen molar-refractivity contribution in [2.24, 2.45) is 0 Å². The Morgan fingerprint density at radius 2 is 1.55 bits per heavy atom. The lowest BCUT2D eigenvalue weighted by atomic mass is 10.1. The Morgan fingerprint density at radius 1 is 1.05 bits per heavy atom. The summed E-state index contributed by atoms with van der Waals surface area (Å²) in [6, 6.07) is 4.88. The van der Waals surface area contributed by atoms with E-state index >= 15 is 0 Å². The van der Waals surface area contributed by atoms with Crippen LogP contribution in [0.2, 0.25) is 0 Å². The molecule has 0 fully saturated rings. The van der Waals surface area contributed by atoms with Gasteiger partial charge in [0.2, 0.25) is 0 Å². The van der Waals surface area contributed by atoms with E-state index in [-0.39, 0.29) is 5.75 Å². The van der Waals surface area contributed by atoms with Crippen molar-refractivity contribution in [3.8, 4) is 5.75 Å². The molecular weight excluding hydrogens is 265 g/mol. The lowest BCUT2D eigenvalue weighted by Crippen LogP contribution is -2.18. The molecule has 1 aromatic carbocycles. The first-order valence-corrected chi connectivity index (χ1v) is 7.19. The second-order valence-electron chi connectivity index (χ2n) is 4.12. The van der Waals surface area contributed by atoms with Gasteiger partial charge in [0.25, 0.3) is 0 Å². The van der Waals surface area contributed by atoms with Crippen LogP contribution >= 0.6 is 0 Å². The fourth-order valence-electron chi connectivity index (χ4n) is 1.36. The third-order valence-corrected chi connectivity index (χ3v) is 1.97. The van der Waals surface area contributed by atoms with Crippen LogP contribution in [0.3, 0.4) is 0 Å². The van der Waals surface area contributed by atoms with Gasteiger partial charge >= 0.3 is 6.36 Å². The van der Waals surface area contributed by atoms with Crippen molar-refractivity contribution in [2.75, 3.05) is 0 Å².